The van der Waals surface area contributed by atoms with Gasteiger partial charge in [0.2, 0.25) is 5.91 Å². The number of benzene rings is 2. The van der Waals surface area contributed by atoms with Gasteiger partial charge in [-0.15, -0.1) is 0 Å². The highest BCUT2D eigenvalue weighted by molar-refractivity contribution is 6.31. The van der Waals surface area contributed by atoms with E-state index in [1.54, 1.807) is 13.2 Å². The van der Waals surface area contributed by atoms with E-state index in [-0.39, 0.29) is 17.9 Å². The standard InChI is InChI=1S/C29H31Cl2N3O3/c1-28(37-2)13-4-3-10-25(28)33-27(36)34-14-6-8-20(18-34)29(17-19-7-5-9-21(30)15-19)23-12-11-22(31)16-24(23)32-26(29)35/h3-5,7,9-12,15-16,20H,6,8,13-14,17-18H2,1-2H3,(H,32,35)(H,33,36). The highest BCUT2D eigenvalue weighted by Crippen LogP contribution is 2.49. The first-order valence-electron chi connectivity index (χ1n) is 12.6. The van der Waals surface area contributed by atoms with E-state index in [0.29, 0.717) is 36.0 Å². The van der Waals surface area contributed by atoms with Crippen LogP contribution in [-0.2, 0) is 21.4 Å². The lowest BCUT2D eigenvalue weighted by Gasteiger charge is -2.43. The van der Waals surface area contributed by atoms with Gasteiger partial charge < -0.3 is 20.3 Å². The van der Waals surface area contributed by atoms with Gasteiger partial charge in [0.25, 0.3) is 0 Å². The smallest absolute Gasteiger partial charge is 0.321 e. The molecule has 5 rings (SSSR count). The molecule has 1 aliphatic carbocycles. The number of allylic oxidation sites excluding steroid dienone is 2. The molecule has 2 aliphatic heterocycles. The number of hydrogen-bond donors (Lipinski definition) is 2. The van der Waals surface area contributed by atoms with Crippen LogP contribution in [0.2, 0.25) is 10.0 Å². The number of hydrogen-bond acceptors (Lipinski definition) is 3. The number of halogens is 2. The van der Waals surface area contributed by atoms with E-state index in [1.165, 1.54) is 0 Å². The van der Waals surface area contributed by atoms with Gasteiger partial charge in [0.05, 0.1) is 11.1 Å². The minimum Gasteiger partial charge on any atom is -0.372 e. The quantitative estimate of drug-likeness (QED) is 0.482. The molecule has 3 aliphatic rings. The third-order valence-electron chi connectivity index (χ3n) is 8.06. The first-order valence-corrected chi connectivity index (χ1v) is 13.3. The lowest BCUT2D eigenvalue weighted by atomic mass is 9.65. The second-order valence-corrected chi connectivity index (χ2v) is 11.2. The number of amides is 3. The van der Waals surface area contributed by atoms with Crippen LogP contribution in [0, 0.1) is 5.92 Å². The Hall–Kier alpha value is -2.80. The lowest BCUT2D eigenvalue weighted by molar-refractivity contribution is -0.123. The van der Waals surface area contributed by atoms with Crippen molar-refractivity contribution in [3.05, 3.63) is 87.6 Å². The number of carbonyl (C=O) groups excluding carboxylic acids is 2. The second kappa shape index (κ2) is 10.2. The van der Waals surface area contributed by atoms with E-state index in [4.69, 9.17) is 27.9 Å². The SMILES string of the molecule is COC1(C)CC=CC=C1NC(=O)N1CCCC(C2(Cc3cccc(Cl)c3)C(=O)Nc3cc(Cl)ccc32)C1. The fraction of sp³-hybridized carbons (Fsp3) is 0.379. The number of piperidine rings is 1. The maximum Gasteiger partial charge on any atom is 0.321 e. The molecular formula is C29H31Cl2N3O3. The van der Waals surface area contributed by atoms with Gasteiger partial charge in [-0.1, -0.05) is 53.6 Å². The number of ether oxygens (including phenoxy) is 1. The number of anilines is 1. The summed E-state index contributed by atoms with van der Waals surface area (Å²) in [6.07, 6.45) is 8.62. The molecule has 8 heteroatoms. The Balaban J connectivity index is 1.47. The number of carbonyl (C=O) groups is 2. The van der Waals surface area contributed by atoms with E-state index in [2.05, 4.69) is 10.6 Å². The van der Waals surface area contributed by atoms with Crippen LogP contribution in [0.5, 0.6) is 0 Å². The number of nitrogens with zero attached hydrogens (tertiary/aromatic N) is 1. The zero-order chi connectivity index (χ0) is 26.2. The van der Waals surface area contributed by atoms with Gasteiger partial charge in [0, 0.05) is 42.4 Å². The molecule has 2 aromatic rings. The first-order chi connectivity index (χ1) is 17.7. The summed E-state index contributed by atoms with van der Waals surface area (Å²) in [5, 5.41) is 7.36. The third kappa shape index (κ3) is 4.78. The van der Waals surface area contributed by atoms with Crippen LogP contribution < -0.4 is 10.6 Å². The average molecular weight is 540 g/mol. The number of fused-ring (bicyclic) bond motifs is 1. The molecule has 0 saturated carbocycles. The fourth-order valence-corrected chi connectivity index (χ4v) is 6.31. The highest BCUT2D eigenvalue weighted by Gasteiger charge is 2.53. The predicted molar refractivity (Wildman–Crippen MR) is 147 cm³/mol. The molecule has 6 nitrogen and oxygen atoms in total. The Bertz CT molecular complexity index is 1290. The summed E-state index contributed by atoms with van der Waals surface area (Å²) in [6, 6.07) is 13.0. The zero-order valence-electron chi connectivity index (χ0n) is 21.0. The fourth-order valence-electron chi connectivity index (χ4n) is 5.93. The molecule has 0 radical (unpaired) electrons. The van der Waals surface area contributed by atoms with E-state index in [9.17, 15) is 9.59 Å². The van der Waals surface area contributed by atoms with Gasteiger partial charge in [-0.2, -0.15) is 0 Å². The van der Waals surface area contributed by atoms with Crippen molar-refractivity contribution in [2.45, 2.75) is 43.6 Å². The Morgan fingerprint density at radius 1 is 1.22 bits per heavy atom. The van der Waals surface area contributed by atoms with Gasteiger partial charge in [-0.25, -0.2) is 4.79 Å². The molecule has 1 saturated heterocycles. The molecule has 0 aromatic heterocycles. The van der Waals surface area contributed by atoms with Crippen LogP contribution in [0.1, 0.15) is 37.3 Å². The summed E-state index contributed by atoms with van der Waals surface area (Å²) in [5.74, 6) is -0.161. The van der Waals surface area contributed by atoms with Gasteiger partial charge in [-0.3, -0.25) is 4.79 Å². The summed E-state index contributed by atoms with van der Waals surface area (Å²) < 4.78 is 5.71. The van der Waals surface area contributed by atoms with Crippen molar-refractivity contribution in [3.8, 4) is 0 Å². The second-order valence-electron chi connectivity index (χ2n) is 10.3. The average Bonchev–Trinajstić information content (AvgIpc) is 3.16. The molecule has 1 fully saturated rings. The summed E-state index contributed by atoms with van der Waals surface area (Å²) >= 11 is 12.6. The van der Waals surface area contributed by atoms with E-state index in [1.807, 2.05) is 66.4 Å². The number of nitrogens with one attached hydrogen (secondary N) is 2. The Morgan fingerprint density at radius 2 is 2.03 bits per heavy atom. The summed E-state index contributed by atoms with van der Waals surface area (Å²) in [6.45, 7) is 3.04. The number of urea groups is 1. The highest BCUT2D eigenvalue weighted by atomic mass is 35.5. The monoisotopic (exact) mass is 539 g/mol. The summed E-state index contributed by atoms with van der Waals surface area (Å²) in [7, 11) is 1.65. The zero-order valence-corrected chi connectivity index (χ0v) is 22.5. The van der Waals surface area contributed by atoms with Gasteiger partial charge in [-0.05, 0) is 73.6 Å². The molecule has 194 valence electrons. The Kier molecular flexibility index (Phi) is 7.10. The van der Waals surface area contributed by atoms with E-state index < -0.39 is 11.0 Å². The molecule has 0 bridgehead atoms. The summed E-state index contributed by atoms with van der Waals surface area (Å²) in [4.78, 5) is 29.1. The largest absolute Gasteiger partial charge is 0.372 e. The van der Waals surface area contributed by atoms with Gasteiger partial charge in [0.1, 0.15) is 5.60 Å². The first kappa shape index (κ1) is 25.8. The van der Waals surface area contributed by atoms with Gasteiger partial charge in [0.15, 0.2) is 0 Å². The number of methoxy groups -OCH3 is 1. The topological polar surface area (TPSA) is 70.7 Å². The van der Waals surface area contributed by atoms with Crippen molar-refractivity contribution >= 4 is 40.8 Å². The van der Waals surface area contributed by atoms with Crippen LogP contribution in [0.4, 0.5) is 10.5 Å². The van der Waals surface area contributed by atoms with E-state index >= 15 is 0 Å². The Labute approximate surface area is 227 Å². The van der Waals surface area contributed by atoms with Crippen molar-refractivity contribution < 1.29 is 14.3 Å². The van der Waals surface area contributed by atoms with E-state index in [0.717, 1.165) is 35.4 Å². The summed E-state index contributed by atoms with van der Waals surface area (Å²) in [5.41, 5.74) is 1.92. The van der Waals surface area contributed by atoms with Crippen molar-refractivity contribution in [1.82, 2.24) is 10.2 Å². The molecule has 3 atom stereocenters. The van der Waals surface area contributed by atoms with Crippen molar-refractivity contribution in [1.29, 1.82) is 0 Å². The molecule has 3 unspecified atom stereocenters. The molecule has 2 heterocycles. The van der Waals surface area contributed by atoms with Gasteiger partial charge >= 0.3 is 6.03 Å². The molecule has 37 heavy (non-hydrogen) atoms. The molecule has 2 aromatic carbocycles. The Morgan fingerprint density at radius 3 is 2.81 bits per heavy atom. The number of rotatable bonds is 5. The lowest BCUT2D eigenvalue weighted by Crippen LogP contribution is -2.54. The van der Waals surface area contributed by atoms with Crippen LogP contribution in [-0.4, -0.2) is 42.6 Å². The minimum atomic E-state index is -0.850. The van der Waals surface area contributed by atoms with Crippen molar-refractivity contribution in [3.63, 3.8) is 0 Å². The molecule has 2 N–H and O–H groups in total. The van der Waals surface area contributed by atoms with Crippen LogP contribution in [0.25, 0.3) is 0 Å². The predicted octanol–water partition coefficient (Wildman–Crippen LogP) is 6.10. The third-order valence-corrected chi connectivity index (χ3v) is 8.53. The van der Waals surface area contributed by atoms with Crippen LogP contribution >= 0.6 is 23.2 Å². The van der Waals surface area contributed by atoms with Crippen molar-refractivity contribution in [2.75, 3.05) is 25.5 Å². The molecular weight excluding hydrogens is 509 g/mol. The number of likely N-dealkylation sites (tertiary alicyclic amines) is 1. The van der Waals surface area contributed by atoms with Crippen LogP contribution in [0.15, 0.2) is 66.4 Å². The minimum absolute atomic E-state index is 0.0657. The maximum absolute atomic E-state index is 13.8. The molecule has 0 spiro atoms. The molecule has 3 amide bonds. The maximum atomic E-state index is 13.8. The normalized spacial score (nSPS) is 26.9. The van der Waals surface area contributed by atoms with Crippen LogP contribution in [0.3, 0.4) is 0 Å². The van der Waals surface area contributed by atoms with Crippen molar-refractivity contribution in [2.24, 2.45) is 5.92 Å².